The first-order valence-corrected chi connectivity index (χ1v) is 10.0. The maximum atomic E-state index is 13.5. The van der Waals surface area contributed by atoms with Crippen LogP contribution in [0.3, 0.4) is 0 Å². The molecule has 2 N–H and O–H groups in total. The molecule has 0 heterocycles. The summed E-state index contributed by atoms with van der Waals surface area (Å²) in [5.41, 5.74) is -0.828. The summed E-state index contributed by atoms with van der Waals surface area (Å²) < 4.78 is 5.42. The van der Waals surface area contributed by atoms with Crippen LogP contribution in [0.25, 0.3) is 0 Å². The zero-order valence-electron chi connectivity index (χ0n) is 16.8. The molecule has 0 radical (unpaired) electrons. The van der Waals surface area contributed by atoms with Crippen molar-refractivity contribution in [2.45, 2.75) is 65.3 Å². The minimum atomic E-state index is -1.38. The molecule has 4 aliphatic rings. The van der Waals surface area contributed by atoms with Gasteiger partial charge in [0.15, 0.2) is 17.7 Å². The normalized spacial score (nSPS) is 47.7. The maximum absolute atomic E-state index is 13.5. The number of Topliss-reactive ketones (excluding diaryl/α,β-unsaturated/α-hetero) is 2. The molecule has 2 saturated carbocycles. The molecule has 0 aromatic heterocycles. The number of carbonyl (C=O) groups excluding carboxylic acids is 3. The maximum Gasteiger partial charge on any atom is 0.303 e. The molecule has 0 aromatic rings. The first-order chi connectivity index (χ1) is 13.0. The van der Waals surface area contributed by atoms with Crippen LogP contribution in [0.15, 0.2) is 23.3 Å². The van der Waals surface area contributed by atoms with Crippen LogP contribution in [-0.4, -0.2) is 46.1 Å². The molecule has 4 aliphatic carbocycles. The Morgan fingerprint density at radius 1 is 1.25 bits per heavy atom. The van der Waals surface area contributed by atoms with Gasteiger partial charge < -0.3 is 14.9 Å². The lowest BCUT2D eigenvalue weighted by atomic mass is 9.50. The monoisotopic (exact) mass is 388 g/mol. The van der Waals surface area contributed by atoms with Gasteiger partial charge in [-0.25, -0.2) is 0 Å². The van der Waals surface area contributed by atoms with Crippen molar-refractivity contribution < 1.29 is 29.3 Å². The van der Waals surface area contributed by atoms with Crippen molar-refractivity contribution in [2.75, 3.05) is 0 Å². The molecule has 4 rings (SSSR count). The van der Waals surface area contributed by atoms with Gasteiger partial charge in [-0.2, -0.15) is 0 Å². The van der Waals surface area contributed by atoms with Crippen LogP contribution in [0.1, 0.15) is 47.0 Å². The second-order valence-electron chi connectivity index (χ2n) is 9.46. The molecule has 0 unspecified atom stereocenters. The lowest BCUT2D eigenvalue weighted by Crippen LogP contribution is -2.61. The van der Waals surface area contributed by atoms with Crippen LogP contribution in [0.2, 0.25) is 0 Å². The number of ketones is 2. The molecule has 8 atom stereocenters. The highest BCUT2D eigenvalue weighted by atomic mass is 16.6. The Morgan fingerprint density at radius 3 is 2.39 bits per heavy atom. The predicted octanol–water partition coefficient (Wildman–Crippen LogP) is 1.74. The molecular weight excluding hydrogens is 360 g/mol. The number of aliphatic hydroxyl groups excluding tert-OH is 2. The number of rotatable bonds is 1. The molecular formula is C22H28O6. The smallest absolute Gasteiger partial charge is 0.303 e. The van der Waals surface area contributed by atoms with Crippen LogP contribution in [-0.2, 0) is 19.1 Å². The molecule has 0 bridgehead atoms. The van der Waals surface area contributed by atoms with E-state index in [1.165, 1.54) is 6.92 Å². The topological polar surface area (TPSA) is 101 Å². The third-order valence-corrected chi connectivity index (χ3v) is 7.90. The number of ether oxygens (including phenoxy) is 1. The summed E-state index contributed by atoms with van der Waals surface area (Å²) in [6, 6.07) is 0. The predicted molar refractivity (Wildman–Crippen MR) is 100.0 cm³/mol. The molecule has 6 nitrogen and oxygen atoms in total. The molecule has 0 amide bonds. The standard InChI is InChI=1S/C22H28O6/c1-9-6-7-21(5)14(11(9)3)16(24)18(28-12(4)23)13-15(21)17(25)20(27)22(19(13)26)8-10(22)2/h9-10,14,16,18,20,24,27H,3,6-8H2,1-2,4-5H3/t9-,10+,14-,16+,18+,20-,21+,22-/m1/s1. The van der Waals surface area contributed by atoms with Crippen molar-refractivity contribution in [3.8, 4) is 0 Å². The number of aliphatic hydroxyl groups is 2. The minimum Gasteiger partial charge on any atom is -0.455 e. The Balaban J connectivity index is 1.97. The first kappa shape index (κ1) is 19.5. The average Bonchev–Trinajstić information content (AvgIpc) is 3.29. The average molecular weight is 388 g/mol. The molecule has 0 aliphatic heterocycles. The number of esters is 1. The van der Waals surface area contributed by atoms with Crippen molar-refractivity contribution >= 4 is 17.5 Å². The quantitative estimate of drug-likeness (QED) is 0.524. The Bertz CT molecular complexity index is 840. The molecule has 0 saturated heterocycles. The van der Waals surface area contributed by atoms with Crippen LogP contribution in [0.4, 0.5) is 0 Å². The summed E-state index contributed by atoms with van der Waals surface area (Å²) in [5.74, 6) is -1.95. The number of fused-ring (bicyclic) bond motifs is 2. The summed E-state index contributed by atoms with van der Waals surface area (Å²) in [7, 11) is 0. The van der Waals surface area contributed by atoms with Crippen molar-refractivity contribution in [1.29, 1.82) is 0 Å². The summed E-state index contributed by atoms with van der Waals surface area (Å²) in [6.07, 6.45) is -1.96. The highest BCUT2D eigenvalue weighted by molar-refractivity contribution is 6.19. The van der Waals surface area contributed by atoms with Gasteiger partial charge >= 0.3 is 5.97 Å². The molecule has 2 fully saturated rings. The molecule has 6 heteroatoms. The SMILES string of the molecule is C=C1[C@H](C)CC[C@]2(C)C3=C(C(=O)[C@]4(C[C@@H]4C)[C@H](O)C3=O)[C@H](OC(C)=O)[C@@H](O)[C@@H]12. The Labute approximate surface area is 164 Å². The van der Waals surface area contributed by atoms with Gasteiger partial charge in [-0.3, -0.25) is 14.4 Å². The van der Waals surface area contributed by atoms with Gasteiger partial charge in [0.1, 0.15) is 12.2 Å². The third-order valence-electron chi connectivity index (χ3n) is 7.90. The zero-order chi connectivity index (χ0) is 20.8. The van der Waals surface area contributed by atoms with Crippen LogP contribution in [0.5, 0.6) is 0 Å². The molecule has 152 valence electrons. The second kappa shape index (κ2) is 5.86. The van der Waals surface area contributed by atoms with Crippen molar-refractivity contribution in [3.63, 3.8) is 0 Å². The van der Waals surface area contributed by atoms with Gasteiger partial charge in [0.25, 0.3) is 0 Å². The highest BCUT2D eigenvalue weighted by Crippen LogP contribution is 2.65. The largest absolute Gasteiger partial charge is 0.455 e. The molecule has 1 spiro atoms. The Hall–Kier alpha value is -1.79. The molecule has 28 heavy (non-hydrogen) atoms. The summed E-state index contributed by atoms with van der Waals surface area (Å²) in [4.78, 5) is 38.7. The van der Waals surface area contributed by atoms with E-state index in [2.05, 4.69) is 6.58 Å². The third kappa shape index (κ3) is 2.19. The Morgan fingerprint density at radius 2 is 1.86 bits per heavy atom. The summed E-state index contributed by atoms with van der Waals surface area (Å²) >= 11 is 0. The van der Waals surface area contributed by atoms with Gasteiger partial charge in [0.2, 0.25) is 0 Å². The van der Waals surface area contributed by atoms with E-state index in [0.717, 1.165) is 12.0 Å². The second-order valence-corrected chi connectivity index (χ2v) is 9.46. The van der Waals surface area contributed by atoms with Crippen molar-refractivity contribution in [1.82, 2.24) is 0 Å². The summed E-state index contributed by atoms with van der Waals surface area (Å²) in [6.45, 7) is 11.1. The van der Waals surface area contributed by atoms with Crippen LogP contribution in [0, 0.1) is 28.6 Å². The van der Waals surface area contributed by atoms with E-state index in [1.807, 2.05) is 20.8 Å². The fraction of sp³-hybridized carbons (Fsp3) is 0.682. The highest BCUT2D eigenvalue weighted by Gasteiger charge is 2.71. The zero-order valence-corrected chi connectivity index (χ0v) is 16.8. The lowest BCUT2D eigenvalue weighted by Gasteiger charge is -2.55. The Kier molecular flexibility index (Phi) is 4.09. The van der Waals surface area contributed by atoms with Crippen molar-refractivity contribution in [3.05, 3.63) is 23.3 Å². The first-order valence-electron chi connectivity index (χ1n) is 10.0. The molecule has 0 aromatic carbocycles. The van der Waals surface area contributed by atoms with E-state index in [9.17, 15) is 24.6 Å². The van der Waals surface area contributed by atoms with Crippen LogP contribution < -0.4 is 0 Å². The number of hydrogen-bond acceptors (Lipinski definition) is 6. The van der Waals surface area contributed by atoms with Crippen molar-refractivity contribution in [2.24, 2.45) is 28.6 Å². The van der Waals surface area contributed by atoms with E-state index in [1.54, 1.807) is 0 Å². The van der Waals surface area contributed by atoms with E-state index in [0.29, 0.717) is 12.8 Å². The fourth-order valence-electron chi connectivity index (χ4n) is 6.10. The van der Waals surface area contributed by atoms with Gasteiger partial charge in [0.05, 0.1) is 5.41 Å². The van der Waals surface area contributed by atoms with Gasteiger partial charge in [-0.05, 0) is 31.1 Å². The summed E-state index contributed by atoms with van der Waals surface area (Å²) in [5, 5.41) is 22.0. The van der Waals surface area contributed by atoms with E-state index in [-0.39, 0.29) is 28.8 Å². The lowest BCUT2D eigenvalue weighted by molar-refractivity contribution is -0.160. The van der Waals surface area contributed by atoms with Gasteiger partial charge in [-0.15, -0.1) is 0 Å². The number of carbonyl (C=O) groups is 3. The van der Waals surface area contributed by atoms with Gasteiger partial charge in [0, 0.05) is 29.4 Å². The van der Waals surface area contributed by atoms with Crippen LogP contribution >= 0.6 is 0 Å². The van der Waals surface area contributed by atoms with Gasteiger partial charge in [-0.1, -0.05) is 32.9 Å². The minimum absolute atomic E-state index is 0.100. The van der Waals surface area contributed by atoms with E-state index < -0.39 is 46.8 Å². The van der Waals surface area contributed by atoms with E-state index in [4.69, 9.17) is 4.74 Å². The van der Waals surface area contributed by atoms with E-state index >= 15 is 0 Å². The fourth-order valence-corrected chi connectivity index (χ4v) is 6.10. The number of hydrogen-bond donors (Lipinski definition) is 2.